The maximum atomic E-state index is 5.68. The third kappa shape index (κ3) is 11.0. The molecule has 2 atom stereocenters. The average Bonchev–Trinajstić information content (AvgIpc) is 2.59. The SMILES string of the molecule is Cc1ccc[c-]c1[C@@H](C)N.Cc1ccc[c-]c1[C@@H](C)N.[Cl][Pd+].[Cl][Pd+]. The molecule has 0 unspecified atom stereocenters. The molecule has 0 aliphatic heterocycles. The normalized spacial score (nSPS) is 11.5. The molecule has 4 N–H and O–H groups in total. The molecule has 0 aliphatic carbocycles. The molecular formula is C18H24Cl2N2Pd2. The van der Waals surface area contributed by atoms with E-state index in [1.807, 2.05) is 38.1 Å². The molecule has 0 fully saturated rings. The summed E-state index contributed by atoms with van der Waals surface area (Å²) >= 11 is 4.44. The summed E-state index contributed by atoms with van der Waals surface area (Å²) in [7, 11) is 8.98. The van der Waals surface area contributed by atoms with Crippen molar-refractivity contribution in [3.8, 4) is 0 Å². The Morgan fingerprint density at radius 3 is 1.25 bits per heavy atom. The van der Waals surface area contributed by atoms with E-state index < -0.39 is 0 Å². The third-order valence-corrected chi connectivity index (χ3v) is 3.12. The van der Waals surface area contributed by atoms with Gasteiger partial charge in [-0.25, -0.2) is 0 Å². The van der Waals surface area contributed by atoms with E-state index in [1.165, 1.54) is 11.1 Å². The average molecular weight is 552 g/mol. The van der Waals surface area contributed by atoms with Crippen molar-refractivity contribution >= 4 is 19.1 Å². The van der Waals surface area contributed by atoms with Crippen LogP contribution in [-0.4, -0.2) is 0 Å². The molecule has 2 rings (SSSR count). The number of halogens is 2. The van der Waals surface area contributed by atoms with Gasteiger partial charge in [0.1, 0.15) is 0 Å². The molecule has 0 radical (unpaired) electrons. The van der Waals surface area contributed by atoms with E-state index in [1.54, 1.807) is 0 Å². The molecular weight excluding hydrogens is 528 g/mol. The zero-order valence-corrected chi connectivity index (χ0v) is 18.8. The van der Waals surface area contributed by atoms with Gasteiger partial charge in [-0.05, 0) is 13.8 Å². The topological polar surface area (TPSA) is 52.0 Å². The molecule has 0 heterocycles. The van der Waals surface area contributed by atoms with E-state index in [0.717, 1.165) is 11.1 Å². The summed E-state index contributed by atoms with van der Waals surface area (Å²) in [6.07, 6.45) is 0. The van der Waals surface area contributed by atoms with Crippen LogP contribution in [0.3, 0.4) is 0 Å². The predicted molar refractivity (Wildman–Crippen MR) is 96.9 cm³/mol. The van der Waals surface area contributed by atoms with Crippen molar-refractivity contribution in [2.75, 3.05) is 0 Å². The van der Waals surface area contributed by atoms with Gasteiger partial charge < -0.3 is 11.5 Å². The van der Waals surface area contributed by atoms with E-state index in [-0.39, 0.29) is 12.1 Å². The number of benzene rings is 2. The molecule has 0 aliphatic rings. The molecule has 0 bridgehead atoms. The van der Waals surface area contributed by atoms with Gasteiger partial charge in [-0.15, -0.1) is 11.1 Å². The van der Waals surface area contributed by atoms with Crippen LogP contribution < -0.4 is 11.5 Å². The molecule has 0 saturated heterocycles. The van der Waals surface area contributed by atoms with Gasteiger partial charge in [-0.1, -0.05) is 13.8 Å². The zero-order chi connectivity index (χ0) is 19.1. The Labute approximate surface area is 176 Å². The van der Waals surface area contributed by atoms with Crippen LogP contribution in [0, 0.1) is 26.0 Å². The molecule has 2 nitrogen and oxygen atoms in total. The minimum absolute atomic E-state index is 0.0983. The van der Waals surface area contributed by atoms with Crippen molar-refractivity contribution in [2.24, 2.45) is 11.5 Å². The molecule has 0 saturated carbocycles. The monoisotopic (exact) mass is 550 g/mol. The molecule has 2 aromatic rings. The van der Waals surface area contributed by atoms with Crippen LogP contribution in [0.15, 0.2) is 36.4 Å². The molecule has 2 aromatic carbocycles. The fourth-order valence-electron chi connectivity index (χ4n) is 2.05. The van der Waals surface area contributed by atoms with Gasteiger partial charge in [0, 0.05) is 12.1 Å². The first-order valence-corrected chi connectivity index (χ1v) is 11.1. The Bertz CT molecular complexity index is 501. The van der Waals surface area contributed by atoms with E-state index in [9.17, 15) is 0 Å². The summed E-state index contributed by atoms with van der Waals surface area (Å²) in [6.45, 7) is 8.04. The summed E-state index contributed by atoms with van der Waals surface area (Å²) < 4.78 is 0. The van der Waals surface area contributed by atoms with Gasteiger partial charge in [0.05, 0.1) is 0 Å². The van der Waals surface area contributed by atoms with Crippen LogP contribution in [0.4, 0.5) is 0 Å². The molecule has 140 valence electrons. The molecule has 0 amide bonds. The van der Waals surface area contributed by atoms with E-state index in [2.05, 4.69) is 93.5 Å². The second-order valence-corrected chi connectivity index (χ2v) is 5.11. The van der Waals surface area contributed by atoms with Crippen LogP contribution in [0.5, 0.6) is 0 Å². The summed E-state index contributed by atoms with van der Waals surface area (Å²) in [6, 6.07) is 18.3. The molecule has 6 heteroatoms. The first-order valence-electron chi connectivity index (χ1n) is 7.13. The number of rotatable bonds is 2. The summed E-state index contributed by atoms with van der Waals surface area (Å²) in [5, 5.41) is 0. The fraction of sp³-hybridized carbons (Fsp3) is 0.333. The first-order chi connectivity index (χ1) is 11.4. The third-order valence-electron chi connectivity index (χ3n) is 3.12. The first kappa shape index (κ1) is 26.5. The Balaban J connectivity index is 0. The Hall–Kier alpha value is 0.265. The summed E-state index contributed by atoms with van der Waals surface area (Å²) in [4.78, 5) is 0. The second kappa shape index (κ2) is 16.7. The van der Waals surface area contributed by atoms with Crippen molar-refractivity contribution in [2.45, 2.75) is 39.8 Å². The van der Waals surface area contributed by atoms with Crippen molar-refractivity contribution in [3.05, 3.63) is 70.8 Å². The predicted octanol–water partition coefficient (Wildman–Crippen LogP) is 5.00. The molecule has 24 heavy (non-hydrogen) atoms. The number of hydrogen-bond donors (Lipinski definition) is 2. The van der Waals surface area contributed by atoms with Crippen molar-refractivity contribution in [3.63, 3.8) is 0 Å². The zero-order valence-electron chi connectivity index (χ0n) is 14.2. The second-order valence-electron chi connectivity index (χ2n) is 5.11. The van der Waals surface area contributed by atoms with Crippen LogP contribution in [0.2, 0.25) is 0 Å². The van der Waals surface area contributed by atoms with Gasteiger partial charge in [0.15, 0.2) is 0 Å². The van der Waals surface area contributed by atoms with Crippen molar-refractivity contribution < 1.29 is 36.4 Å². The summed E-state index contributed by atoms with van der Waals surface area (Å²) in [5.74, 6) is 0. The Morgan fingerprint density at radius 2 is 1.08 bits per heavy atom. The minimum atomic E-state index is 0.0983. The Kier molecular flexibility index (Phi) is 18.5. The van der Waals surface area contributed by atoms with Gasteiger partial charge >= 0.3 is 55.4 Å². The van der Waals surface area contributed by atoms with Crippen LogP contribution in [0.25, 0.3) is 0 Å². The van der Waals surface area contributed by atoms with Crippen LogP contribution >= 0.6 is 19.1 Å². The number of aryl methyl sites for hydroxylation is 2. The van der Waals surface area contributed by atoms with Gasteiger partial charge in [0.2, 0.25) is 0 Å². The summed E-state index contributed by atoms with van der Waals surface area (Å²) in [5.41, 5.74) is 16.0. The van der Waals surface area contributed by atoms with Crippen LogP contribution in [-0.2, 0) is 36.4 Å². The maximum absolute atomic E-state index is 5.68. The fourth-order valence-corrected chi connectivity index (χ4v) is 2.05. The van der Waals surface area contributed by atoms with E-state index in [4.69, 9.17) is 11.5 Å². The van der Waals surface area contributed by atoms with Crippen LogP contribution in [0.1, 0.15) is 48.2 Å². The van der Waals surface area contributed by atoms with Crippen molar-refractivity contribution in [1.82, 2.24) is 0 Å². The quantitative estimate of drug-likeness (QED) is 0.407. The Morgan fingerprint density at radius 1 is 0.792 bits per heavy atom. The number of hydrogen-bond acceptors (Lipinski definition) is 2. The standard InChI is InChI=1S/2C9H12N.2ClH.2Pd/c2*1-7-5-3-4-6-9(7)8(2)10;;;;/h2*3-5,8H,10H2,1-2H3;2*1H;;/q2*-1;;;2*+2/p-2/t2*8-;;;;/m11..../s1. The van der Waals surface area contributed by atoms with Crippen molar-refractivity contribution in [1.29, 1.82) is 0 Å². The van der Waals surface area contributed by atoms with Gasteiger partial charge in [-0.2, -0.15) is 59.7 Å². The van der Waals surface area contributed by atoms with E-state index in [0.29, 0.717) is 0 Å². The van der Waals surface area contributed by atoms with Gasteiger partial charge in [0.25, 0.3) is 0 Å². The number of nitrogens with two attached hydrogens (primary N) is 2. The molecule has 0 spiro atoms. The van der Waals surface area contributed by atoms with E-state index >= 15 is 0 Å². The van der Waals surface area contributed by atoms with Gasteiger partial charge in [-0.3, -0.25) is 0 Å². The molecule has 0 aromatic heterocycles.